The summed E-state index contributed by atoms with van der Waals surface area (Å²) in [6.45, 7) is 12.7. The topological polar surface area (TPSA) is 15.3 Å². The molecular formula is C14H32N2. The van der Waals surface area contributed by atoms with Crippen molar-refractivity contribution in [3.8, 4) is 0 Å². The van der Waals surface area contributed by atoms with Gasteiger partial charge >= 0.3 is 0 Å². The first-order valence-electron chi connectivity index (χ1n) is 6.79. The molecule has 0 rings (SSSR count). The van der Waals surface area contributed by atoms with Crippen molar-refractivity contribution in [2.75, 3.05) is 20.6 Å². The minimum Gasteiger partial charge on any atom is -0.312 e. The second-order valence-corrected chi connectivity index (χ2v) is 5.74. The zero-order chi connectivity index (χ0) is 12.8. The molecular weight excluding hydrogens is 196 g/mol. The fourth-order valence-corrected chi connectivity index (χ4v) is 2.22. The van der Waals surface area contributed by atoms with Crippen LogP contribution >= 0.6 is 0 Å². The van der Waals surface area contributed by atoms with Gasteiger partial charge in [-0.3, -0.25) is 0 Å². The number of rotatable bonds is 8. The lowest BCUT2D eigenvalue weighted by Crippen LogP contribution is -2.57. The molecule has 0 heterocycles. The van der Waals surface area contributed by atoms with Crippen molar-refractivity contribution in [3.05, 3.63) is 0 Å². The molecule has 0 aromatic carbocycles. The van der Waals surface area contributed by atoms with Crippen molar-refractivity contribution in [2.45, 2.75) is 65.5 Å². The highest BCUT2D eigenvalue weighted by Gasteiger charge is 2.34. The molecule has 0 radical (unpaired) electrons. The van der Waals surface area contributed by atoms with Crippen molar-refractivity contribution in [2.24, 2.45) is 5.92 Å². The third kappa shape index (κ3) is 4.42. The first kappa shape index (κ1) is 15.9. The molecule has 0 aromatic rings. The molecule has 0 amide bonds. The molecule has 98 valence electrons. The maximum atomic E-state index is 3.73. The molecule has 0 fully saturated rings. The largest absolute Gasteiger partial charge is 0.312 e. The molecule has 2 atom stereocenters. The van der Waals surface area contributed by atoms with E-state index in [1.807, 2.05) is 0 Å². The van der Waals surface area contributed by atoms with Crippen molar-refractivity contribution >= 4 is 0 Å². The second kappa shape index (κ2) is 7.29. The number of hydrogen-bond donors (Lipinski definition) is 1. The first-order valence-corrected chi connectivity index (χ1v) is 6.79. The summed E-state index contributed by atoms with van der Waals surface area (Å²) >= 11 is 0. The monoisotopic (exact) mass is 228 g/mol. The highest BCUT2D eigenvalue weighted by Crippen LogP contribution is 2.25. The fraction of sp³-hybridized carbons (Fsp3) is 1.00. The summed E-state index contributed by atoms with van der Waals surface area (Å²) in [7, 11) is 4.40. The van der Waals surface area contributed by atoms with E-state index >= 15 is 0 Å². The first-order chi connectivity index (χ1) is 7.38. The van der Waals surface area contributed by atoms with E-state index in [-0.39, 0.29) is 5.54 Å². The molecule has 0 aliphatic heterocycles. The number of likely N-dealkylation sites (N-methyl/N-ethyl adjacent to an activating group) is 1. The van der Waals surface area contributed by atoms with Crippen LogP contribution in [0.3, 0.4) is 0 Å². The van der Waals surface area contributed by atoms with Gasteiger partial charge in [0.15, 0.2) is 0 Å². The molecule has 0 bridgehead atoms. The van der Waals surface area contributed by atoms with Crippen molar-refractivity contribution < 1.29 is 0 Å². The Morgan fingerprint density at radius 1 is 1.19 bits per heavy atom. The molecule has 0 saturated carbocycles. The Bertz CT molecular complexity index is 178. The van der Waals surface area contributed by atoms with Gasteiger partial charge in [-0.1, -0.05) is 27.7 Å². The quantitative estimate of drug-likeness (QED) is 0.686. The van der Waals surface area contributed by atoms with Gasteiger partial charge < -0.3 is 10.2 Å². The van der Waals surface area contributed by atoms with E-state index < -0.39 is 0 Å². The van der Waals surface area contributed by atoms with Crippen LogP contribution in [0.1, 0.15) is 53.9 Å². The van der Waals surface area contributed by atoms with Gasteiger partial charge in [-0.05, 0) is 52.7 Å². The molecule has 0 aliphatic rings. The Hall–Kier alpha value is -0.0800. The average Bonchev–Trinajstić information content (AvgIpc) is 2.22. The average molecular weight is 228 g/mol. The molecule has 2 heteroatoms. The van der Waals surface area contributed by atoms with Crippen molar-refractivity contribution in [1.29, 1.82) is 0 Å². The molecule has 2 unspecified atom stereocenters. The summed E-state index contributed by atoms with van der Waals surface area (Å²) in [5, 5.41) is 3.73. The molecule has 0 aromatic heterocycles. The van der Waals surface area contributed by atoms with Crippen molar-refractivity contribution in [1.82, 2.24) is 10.2 Å². The fourth-order valence-electron chi connectivity index (χ4n) is 2.22. The molecule has 2 nitrogen and oxygen atoms in total. The summed E-state index contributed by atoms with van der Waals surface area (Å²) < 4.78 is 0. The van der Waals surface area contributed by atoms with E-state index in [0.717, 1.165) is 12.5 Å². The standard InChI is InChI=1S/C14H32N2/c1-8-10-15-13(11-12(3)4)14(5,9-2)16(6)7/h12-13,15H,8-11H2,1-7H3. The van der Waals surface area contributed by atoms with Crippen LogP contribution in [0.2, 0.25) is 0 Å². The van der Waals surface area contributed by atoms with Gasteiger partial charge in [0.2, 0.25) is 0 Å². The van der Waals surface area contributed by atoms with Gasteiger partial charge in [0.25, 0.3) is 0 Å². The third-order valence-corrected chi connectivity index (χ3v) is 3.84. The summed E-state index contributed by atoms with van der Waals surface area (Å²) in [5.41, 5.74) is 0.263. The van der Waals surface area contributed by atoms with E-state index in [1.54, 1.807) is 0 Å². The molecule has 16 heavy (non-hydrogen) atoms. The van der Waals surface area contributed by atoms with Crippen LogP contribution in [0.15, 0.2) is 0 Å². The van der Waals surface area contributed by atoms with E-state index in [9.17, 15) is 0 Å². The number of nitrogens with one attached hydrogen (secondary N) is 1. The van der Waals surface area contributed by atoms with Crippen LogP contribution in [0, 0.1) is 5.92 Å². The van der Waals surface area contributed by atoms with Gasteiger partial charge in [0.05, 0.1) is 0 Å². The molecule has 0 spiro atoms. The number of hydrogen-bond acceptors (Lipinski definition) is 2. The minimum atomic E-state index is 0.263. The van der Waals surface area contributed by atoms with Gasteiger partial charge in [-0.2, -0.15) is 0 Å². The smallest absolute Gasteiger partial charge is 0.0325 e. The van der Waals surface area contributed by atoms with Gasteiger partial charge in [0, 0.05) is 11.6 Å². The molecule has 0 saturated heterocycles. The normalized spacial score (nSPS) is 17.8. The minimum absolute atomic E-state index is 0.263. The lowest BCUT2D eigenvalue weighted by atomic mass is 9.83. The maximum absolute atomic E-state index is 3.73. The summed E-state index contributed by atoms with van der Waals surface area (Å²) in [4.78, 5) is 2.38. The summed E-state index contributed by atoms with van der Waals surface area (Å²) in [6.07, 6.45) is 3.65. The Balaban J connectivity index is 4.67. The van der Waals surface area contributed by atoms with Gasteiger partial charge in [0.1, 0.15) is 0 Å². The highest BCUT2D eigenvalue weighted by atomic mass is 15.2. The second-order valence-electron chi connectivity index (χ2n) is 5.74. The summed E-state index contributed by atoms with van der Waals surface area (Å²) in [6, 6.07) is 0.590. The third-order valence-electron chi connectivity index (χ3n) is 3.84. The zero-order valence-electron chi connectivity index (χ0n) is 12.4. The Kier molecular flexibility index (Phi) is 7.25. The number of nitrogens with zero attached hydrogens (tertiary/aromatic N) is 1. The van der Waals surface area contributed by atoms with E-state index in [4.69, 9.17) is 0 Å². The molecule has 1 N–H and O–H groups in total. The lowest BCUT2D eigenvalue weighted by molar-refractivity contribution is 0.101. The Morgan fingerprint density at radius 3 is 2.06 bits per heavy atom. The van der Waals surface area contributed by atoms with Crippen LogP contribution < -0.4 is 5.32 Å². The van der Waals surface area contributed by atoms with E-state index in [2.05, 4.69) is 58.9 Å². The summed E-state index contributed by atoms with van der Waals surface area (Å²) in [5.74, 6) is 0.750. The lowest BCUT2D eigenvalue weighted by Gasteiger charge is -2.44. The SMILES string of the molecule is CCCNC(CC(C)C)C(C)(CC)N(C)C. The van der Waals surface area contributed by atoms with E-state index in [0.29, 0.717) is 6.04 Å². The highest BCUT2D eigenvalue weighted by molar-refractivity contribution is 4.94. The predicted octanol–water partition coefficient (Wildman–Crippen LogP) is 3.13. The van der Waals surface area contributed by atoms with Gasteiger partial charge in [-0.15, -0.1) is 0 Å². The van der Waals surface area contributed by atoms with Crippen LogP contribution in [0.5, 0.6) is 0 Å². The predicted molar refractivity (Wildman–Crippen MR) is 73.9 cm³/mol. The van der Waals surface area contributed by atoms with Gasteiger partial charge in [-0.25, -0.2) is 0 Å². The molecule has 0 aliphatic carbocycles. The Labute approximate surface area is 103 Å². The van der Waals surface area contributed by atoms with Crippen LogP contribution in [0.4, 0.5) is 0 Å². The van der Waals surface area contributed by atoms with Crippen molar-refractivity contribution in [3.63, 3.8) is 0 Å². The van der Waals surface area contributed by atoms with Crippen LogP contribution in [-0.2, 0) is 0 Å². The maximum Gasteiger partial charge on any atom is 0.0325 e. The van der Waals surface area contributed by atoms with Crippen LogP contribution in [0.25, 0.3) is 0 Å². The van der Waals surface area contributed by atoms with Crippen LogP contribution in [-0.4, -0.2) is 37.1 Å². The zero-order valence-corrected chi connectivity index (χ0v) is 12.4. The van der Waals surface area contributed by atoms with E-state index in [1.165, 1.54) is 19.3 Å². The Morgan fingerprint density at radius 2 is 1.75 bits per heavy atom.